The second-order valence-corrected chi connectivity index (χ2v) is 5.19. The van der Waals surface area contributed by atoms with Crippen LogP contribution in [0.4, 0.5) is 0 Å². The monoisotopic (exact) mass is 339 g/mol. The van der Waals surface area contributed by atoms with Crippen molar-refractivity contribution in [3.05, 3.63) is 33.8 Å². The molecule has 1 unspecified atom stereocenters. The summed E-state index contributed by atoms with van der Waals surface area (Å²) in [5, 5.41) is 0.673. The van der Waals surface area contributed by atoms with E-state index in [-0.39, 0.29) is 35.7 Å². The van der Waals surface area contributed by atoms with Gasteiger partial charge in [0.2, 0.25) is 0 Å². The molecule has 0 saturated carbocycles. The Kier molecular flexibility index (Phi) is 8.13. The Morgan fingerprint density at radius 3 is 2.40 bits per heavy atom. The van der Waals surface area contributed by atoms with Crippen molar-refractivity contribution in [2.24, 2.45) is 5.73 Å². The van der Waals surface area contributed by atoms with E-state index < -0.39 is 12.0 Å². The molecule has 20 heavy (non-hydrogen) atoms. The summed E-state index contributed by atoms with van der Waals surface area (Å²) in [7, 11) is 0. The van der Waals surface area contributed by atoms with Crippen molar-refractivity contribution < 1.29 is 14.3 Å². The fourth-order valence-electron chi connectivity index (χ4n) is 1.43. The lowest BCUT2D eigenvalue weighted by molar-refractivity contribution is -0.148. The highest BCUT2D eigenvalue weighted by molar-refractivity contribution is 6.36. The molecule has 4 nitrogen and oxygen atoms in total. The first-order valence-corrected chi connectivity index (χ1v) is 6.51. The fraction of sp³-hybridized carbons (Fsp3) is 0.385. The molecule has 0 amide bonds. The smallest absolute Gasteiger partial charge is 0.323 e. The SMILES string of the molecule is CC(C)OC(=O)C(N)CC(=O)c1ccc(Cl)cc1Cl.Cl. The van der Waals surface area contributed by atoms with Gasteiger partial charge in [-0.25, -0.2) is 0 Å². The molecule has 2 N–H and O–H groups in total. The highest BCUT2D eigenvalue weighted by atomic mass is 35.5. The van der Waals surface area contributed by atoms with Crippen molar-refractivity contribution in [3.63, 3.8) is 0 Å². The number of hydrogen-bond acceptors (Lipinski definition) is 4. The minimum Gasteiger partial charge on any atom is -0.462 e. The lowest BCUT2D eigenvalue weighted by Gasteiger charge is -2.13. The summed E-state index contributed by atoms with van der Waals surface area (Å²) in [5.41, 5.74) is 5.91. The summed E-state index contributed by atoms with van der Waals surface area (Å²) < 4.78 is 4.93. The van der Waals surface area contributed by atoms with Crippen molar-refractivity contribution in [1.29, 1.82) is 0 Å². The van der Waals surface area contributed by atoms with Crippen LogP contribution < -0.4 is 5.73 Å². The normalized spacial score (nSPS) is 11.7. The maximum Gasteiger partial charge on any atom is 0.323 e. The zero-order chi connectivity index (χ0) is 14.6. The molecule has 1 aromatic carbocycles. The zero-order valence-corrected chi connectivity index (χ0v) is 13.4. The largest absolute Gasteiger partial charge is 0.462 e. The fourth-order valence-corrected chi connectivity index (χ4v) is 1.94. The molecule has 0 spiro atoms. The number of ketones is 1. The van der Waals surface area contributed by atoms with E-state index in [0.29, 0.717) is 10.6 Å². The van der Waals surface area contributed by atoms with Crippen LogP contribution >= 0.6 is 35.6 Å². The van der Waals surface area contributed by atoms with E-state index in [0.717, 1.165) is 0 Å². The quantitative estimate of drug-likeness (QED) is 0.660. The predicted octanol–water partition coefficient (Wildman–Crippen LogP) is 3.27. The number of hydrogen-bond donors (Lipinski definition) is 1. The van der Waals surface area contributed by atoms with Gasteiger partial charge < -0.3 is 10.5 Å². The van der Waals surface area contributed by atoms with E-state index in [1.807, 2.05) is 0 Å². The van der Waals surface area contributed by atoms with Gasteiger partial charge in [-0.15, -0.1) is 12.4 Å². The maximum atomic E-state index is 12.0. The van der Waals surface area contributed by atoms with Crippen molar-refractivity contribution in [3.8, 4) is 0 Å². The van der Waals surface area contributed by atoms with Gasteiger partial charge in [-0.2, -0.15) is 0 Å². The highest BCUT2D eigenvalue weighted by Crippen LogP contribution is 2.22. The molecular formula is C13H16Cl3NO3. The Morgan fingerprint density at radius 2 is 1.90 bits per heavy atom. The number of nitrogens with two attached hydrogens (primary N) is 1. The Labute approximate surface area is 134 Å². The van der Waals surface area contributed by atoms with Crippen molar-refractivity contribution >= 4 is 47.4 Å². The Bertz CT molecular complexity index is 492. The van der Waals surface area contributed by atoms with E-state index in [9.17, 15) is 9.59 Å². The molecule has 7 heteroatoms. The summed E-state index contributed by atoms with van der Waals surface area (Å²) in [6.45, 7) is 3.42. The van der Waals surface area contributed by atoms with Crippen LogP contribution in [0.3, 0.4) is 0 Å². The number of rotatable bonds is 5. The van der Waals surface area contributed by atoms with Crippen LogP contribution in [-0.4, -0.2) is 23.9 Å². The zero-order valence-electron chi connectivity index (χ0n) is 11.1. The molecular weight excluding hydrogens is 325 g/mol. The van der Waals surface area contributed by atoms with Crippen molar-refractivity contribution in [2.75, 3.05) is 0 Å². The number of carbonyl (C=O) groups is 2. The average molecular weight is 341 g/mol. The first-order chi connectivity index (χ1) is 8.81. The van der Waals surface area contributed by atoms with Gasteiger partial charge in [0.05, 0.1) is 11.1 Å². The second-order valence-electron chi connectivity index (χ2n) is 4.34. The van der Waals surface area contributed by atoms with Crippen LogP contribution in [0.1, 0.15) is 30.6 Å². The molecule has 0 aromatic heterocycles. The molecule has 0 heterocycles. The Hall–Kier alpha value is -0.810. The van der Waals surface area contributed by atoms with Crippen molar-refractivity contribution in [2.45, 2.75) is 32.4 Å². The van der Waals surface area contributed by atoms with E-state index in [1.54, 1.807) is 19.9 Å². The minimum atomic E-state index is -0.998. The van der Waals surface area contributed by atoms with E-state index in [4.69, 9.17) is 33.7 Å². The highest BCUT2D eigenvalue weighted by Gasteiger charge is 2.22. The van der Waals surface area contributed by atoms with Gasteiger partial charge in [0.15, 0.2) is 5.78 Å². The molecule has 112 valence electrons. The van der Waals surface area contributed by atoms with Gasteiger partial charge in [0, 0.05) is 17.0 Å². The van der Waals surface area contributed by atoms with Gasteiger partial charge in [-0.3, -0.25) is 9.59 Å². The van der Waals surface area contributed by atoms with E-state index in [2.05, 4.69) is 0 Å². The molecule has 0 aliphatic heterocycles. The van der Waals surface area contributed by atoms with Gasteiger partial charge >= 0.3 is 5.97 Å². The molecule has 0 aliphatic rings. The van der Waals surface area contributed by atoms with Crippen LogP contribution in [0.25, 0.3) is 0 Å². The molecule has 0 fully saturated rings. The molecule has 0 bridgehead atoms. The topological polar surface area (TPSA) is 69.4 Å². The third kappa shape index (κ3) is 5.67. The number of Topliss-reactive ketones (excluding diaryl/α,β-unsaturated/α-hetero) is 1. The molecule has 0 aliphatic carbocycles. The maximum absolute atomic E-state index is 12.0. The summed E-state index contributed by atoms with van der Waals surface area (Å²) in [6.07, 6.45) is -0.430. The van der Waals surface area contributed by atoms with Crippen LogP contribution in [0.15, 0.2) is 18.2 Å². The number of benzene rings is 1. The minimum absolute atomic E-state index is 0. The van der Waals surface area contributed by atoms with Gasteiger partial charge in [0.1, 0.15) is 6.04 Å². The number of carbonyl (C=O) groups excluding carboxylic acids is 2. The van der Waals surface area contributed by atoms with Crippen LogP contribution in [0.2, 0.25) is 10.0 Å². The molecule has 1 atom stereocenters. The van der Waals surface area contributed by atoms with Crippen LogP contribution in [0.5, 0.6) is 0 Å². The van der Waals surface area contributed by atoms with Gasteiger partial charge in [-0.05, 0) is 32.0 Å². The molecule has 0 radical (unpaired) electrons. The van der Waals surface area contributed by atoms with Gasteiger partial charge in [-0.1, -0.05) is 23.2 Å². The lowest BCUT2D eigenvalue weighted by Crippen LogP contribution is -2.35. The number of esters is 1. The second kappa shape index (κ2) is 8.47. The number of halogens is 3. The predicted molar refractivity (Wildman–Crippen MR) is 81.9 cm³/mol. The summed E-state index contributed by atoms with van der Waals surface area (Å²) in [5.74, 6) is -0.927. The lowest BCUT2D eigenvalue weighted by atomic mass is 10.0. The summed E-state index contributed by atoms with van der Waals surface area (Å²) in [6, 6.07) is 3.53. The standard InChI is InChI=1S/C13H15Cl2NO3.ClH/c1-7(2)19-13(18)11(16)6-12(17)9-4-3-8(14)5-10(9)15;/h3-5,7,11H,6,16H2,1-2H3;1H. The van der Waals surface area contributed by atoms with Crippen molar-refractivity contribution in [1.82, 2.24) is 0 Å². The first-order valence-electron chi connectivity index (χ1n) is 5.75. The average Bonchev–Trinajstić information content (AvgIpc) is 2.27. The third-order valence-electron chi connectivity index (χ3n) is 2.29. The molecule has 1 aromatic rings. The Balaban J connectivity index is 0.00000361. The summed E-state index contributed by atoms with van der Waals surface area (Å²) in [4.78, 5) is 23.5. The third-order valence-corrected chi connectivity index (χ3v) is 2.84. The van der Waals surface area contributed by atoms with E-state index in [1.165, 1.54) is 12.1 Å². The molecule has 0 saturated heterocycles. The Morgan fingerprint density at radius 1 is 1.30 bits per heavy atom. The van der Waals surface area contributed by atoms with Crippen LogP contribution in [-0.2, 0) is 9.53 Å². The van der Waals surface area contributed by atoms with Gasteiger partial charge in [0.25, 0.3) is 0 Å². The van der Waals surface area contributed by atoms with Crippen LogP contribution in [0, 0.1) is 0 Å². The first kappa shape index (κ1) is 19.2. The number of ether oxygens (including phenoxy) is 1. The summed E-state index contributed by atoms with van der Waals surface area (Å²) >= 11 is 11.7. The molecule has 1 rings (SSSR count). The van der Waals surface area contributed by atoms with E-state index >= 15 is 0 Å².